The van der Waals surface area contributed by atoms with Gasteiger partial charge in [0.05, 0.1) is 6.10 Å². The van der Waals surface area contributed by atoms with E-state index in [1.807, 2.05) is 0 Å². The van der Waals surface area contributed by atoms with Gasteiger partial charge < -0.3 is 15.3 Å². The molecule has 108 valence electrons. The molecule has 1 atom stereocenters. The number of nitrogens with one attached hydrogen (secondary N) is 1. The zero-order valence-electron chi connectivity index (χ0n) is 11.4. The van der Waals surface area contributed by atoms with E-state index in [4.69, 9.17) is 5.11 Å². The molecule has 0 bridgehead atoms. The number of imide groups is 1. The normalized spacial score (nSPS) is 17.0. The van der Waals surface area contributed by atoms with Crippen LogP contribution >= 0.6 is 0 Å². The predicted octanol–water partition coefficient (Wildman–Crippen LogP) is -0.452. The van der Waals surface area contributed by atoms with Crippen molar-refractivity contribution in [1.82, 2.24) is 15.1 Å². The second-order valence-corrected chi connectivity index (χ2v) is 4.78. The number of aliphatic hydroxyl groups is 1. The minimum atomic E-state index is -0.435. The number of nitrogens with zero attached hydrogens (tertiary/aromatic N) is 2. The van der Waals surface area contributed by atoms with Crippen LogP contribution in [-0.2, 0) is 9.59 Å². The molecule has 1 fully saturated rings. The first kappa shape index (κ1) is 15.4. The number of rotatable bonds is 7. The van der Waals surface area contributed by atoms with Gasteiger partial charge in [-0.05, 0) is 19.8 Å². The van der Waals surface area contributed by atoms with Crippen LogP contribution in [0.2, 0.25) is 0 Å². The minimum Gasteiger partial charge on any atom is -0.393 e. The van der Waals surface area contributed by atoms with Crippen molar-refractivity contribution in [3.05, 3.63) is 0 Å². The Labute approximate surface area is 112 Å². The van der Waals surface area contributed by atoms with Gasteiger partial charge in [-0.2, -0.15) is 0 Å². The topological polar surface area (TPSA) is 89.9 Å². The van der Waals surface area contributed by atoms with Crippen molar-refractivity contribution < 1.29 is 19.5 Å². The summed E-state index contributed by atoms with van der Waals surface area (Å²) in [7, 11) is 1.57. The highest BCUT2D eigenvalue weighted by Gasteiger charge is 2.32. The average Bonchev–Trinajstić information content (AvgIpc) is 2.55. The lowest BCUT2D eigenvalue weighted by Gasteiger charge is -2.13. The molecule has 0 spiro atoms. The van der Waals surface area contributed by atoms with Gasteiger partial charge in [-0.15, -0.1) is 0 Å². The van der Waals surface area contributed by atoms with Crippen LogP contribution in [0.15, 0.2) is 0 Å². The fourth-order valence-electron chi connectivity index (χ4n) is 1.80. The van der Waals surface area contributed by atoms with E-state index in [-0.39, 0.29) is 37.4 Å². The number of amides is 4. The molecule has 0 aromatic carbocycles. The van der Waals surface area contributed by atoms with Crippen LogP contribution in [0.3, 0.4) is 0 Å². The van der Waals surface area contributed by atoms with Gasteiger partial charge in [0.1, 0.15) is 6.54 Å². The molecule has 1 unspecified atom stereocenters. The fourth-order valence-corrected chi connectivity index (χ4v) is 1.80. The van der Waals surface area contributed by atoms with E-state index in [0.29, 0.717) is 19.4 Å². The first-order valence-electron chi connectivity index (χ1n) is 6.42. The van der Waals surface area contributed by atoms with Crippen LogP contribution in [0, 0.1) is 0 Å². The summed E-state index contributed by atoms with van der Waals surface area (Å²) in [5.74, 6) is -0.352. The van der Waals surface area contributed by atoms with Crippen LogP contribution in [0.5, 0.6) is 0 Å². The molecule has 0 aromatic heterocycles. The summed E-state index contributed by atoms with van der Waals surface area (Å²) in [4.78, 5) is 37.0. The van der Waals surface area contributed by atoms with Crippen LogP contribution in [0.25, 0.3) is 0 Å². The SMILES string of the molecule is CC(O)CCNC(=O)CCCN1C(=O)CN(C)C1=O. The van der Waals surface area contributed by atoms with E-state index in [9.17, 15) is 14.4 Å². The lowest BCUT2D eigenvalue weighted by atomic mass is 10.2. The average molecular weight is 271 g/mol. The molecule has 0 aromatic rings. The molecule has 4 amide bonds. The Balaban J connectivity index is 2.18. The molecule has 0 radical (unpaired) electrons. The summed E-state index contributed by atoms with van der Waals surface area (Å²) in [5.41, 5.74) is 0. The van der Waals surface area contributed by atoms with Crippen LogP contribution in [0.4, 0.5) is 4.79 Å². The van der Waals surface area contributed by atoms with E-state index < -0.39 is 6.10 Å². The molecule has 1 rings (SSSR count). The van der Waals surface area contributed by atoms with E-state index in [2.05, 4.69) is 5.32 Å². The summed E-state index contributed by atoms with van der Waals surface area (Å²) in [6, 6.07) is -0.306. The van der Waals surface area contributed by atoms with Crippen molar-refractivity contribution in [2.24, 2.45) is 0 Å². The zero-order chi connectivity index (χ0) is 14.4. The van der Waals surface area contributed by atoms with Gasteiger partial charge in [0.25, 0.3) is 0 Å². The number of hydrogen-bond acceptors (Lipinski definition) is 4. The molecule has 1 saturated heterocycles. The molecule has 0 aliphatic carbocycles. The Morgan fingerprint density at radius 2 is 2.16 bits per heavy atom. The highest BCUT2D eigenvalue weighted by Crippen LogP contribution is 2.08. The molecule has 1 heterocycles. The quantitative estimate of drug-likeness (QED) is 0.614. The third kappa shape index (κ3) is 4.86. The van der Waals surface area contributed by atoms with Gasteiger partial charge in [0.15, 0.2) is 0 Å². The highest BCUT2D eigenvalue weighted by molar-refractivity contribution is 6.01. The van der Waals surface area contributed by atoms with Crippen molar-refractivity contribution >= 4 is 17.8 Å². The van der Waals surface area contributed by atoms with E-state index in [1.54, 1.807) is 14.0 Å². The van der Waals surface area contributed by atoms with Crippen LogP contribution < -0.4 is 5.32 Å². The third-order valence-corrected chi connectivity index (χ3v) is 2.90. The van der Waals surface area contributed by atoms with Crippen molar-refractivity contribution in [2.45, 2.75) is 32.3 Å². The molecular formula is C12H21N3O4. The van der Waals surface area contributed by atoms with Gasteiger partial charge in [-0.25, -0.2) is 4.79 Å². The molecule has 1 aliphatic rings. The fraction of sp³-hybridized carbons (Fsp3) is 0.750. The van der Waals surface area contributed by atoms with Gasteiger partial charge in [-0.3, -0.25) is 14.5 Å². The molecule has 2 N–H and O–H groups in total. The standard InChI is InChI=1S/C12H21N3O4/c1-9(16)5-6-13-10(17)4-3-7-15-11(18)8-14(2)12(15)19/h9,16H,3-8H2,1-2H3,(H,13,17). The van der Waals surface area contributed by atoms with Crippen molar-refractivity contribution in [3.63, 3.8) is 0 Å². The molecular weight excluding hydrogens is 250 g/mol. The highest BCUT2D eigenvalue weighted by atomic mass is 16.3. The summed E-state index contributed by atoms with van der Waals surface area (Å²) in [6.07, 6.45) is 0.794. The molecule has 7 heteroatoms. The van der Waals surface area contributed by atoms with Crippen molar-refractivity contribution in [2.75, 3.05) is 26.7 Å². The number of likely N-dealkylation sites (N-methyl/N-ethyl adjacent to an activating group) is 1. The number of aliphatic hydroxyl groups excluding tert-OH is 1. The Morgan fingerprint density at radius 1 is 1.47 bits per heavy atom. The van der Waals surface area contributed by atoms with Gasteiger partial charge in [0.2, 0.25) is 11.8 Å². The Morgan fingerprint density at radius 3 is 2.68 bits per heavy atom. The van der Waals surface area contributed by atoms with Gasteiger partial charge in [-0.1, -0.05) is 0 Å². The number of carbonyl (C=O) groups is 3. The zero-order valence-corrected chi connectivity index (χ0v) is 11.4. The number of urea groups is 1. The monoisotopic (exact) mass is 271 g/mol. The second kappa shape index (κ2) is 7.08. The smallest absolute Gasteiger partial charge is 0.326 e. The molecule has 1 aliphatic heterocycles. The summed E-state index contributed by atoms with van der Waals surface area (Å²) < 4.78 is 0. The largest absolute Gasteiger partial charge is 0.393 e. The first-order chi connectivity index (χ1) is 8.91. The summed E-state index contributed by atoms with van der Waals surface area (Å²) >= 11 is 0. The number of carbonyl (C=O) groups excluding carboxylic acids is 3. The maximum atomic E-state index is 11.5. The first-order valence-corrected chi connectivity index (χ1v) is 6.42. The van der Waals surface area contributed by atoms with Gasteiger partial charge >= 0.3 is 6.03 Å². The molecule has 0 saturated carbocycles. The van der Waals surface area contributed by atoms with Gasteiger partial charge in [0, 0.05) is 26.6 Å². The maximum Gasteiger partial charge on any atom is 0.326 e. The van der Waals surface area contributed by atoms with E-state index in [1.165, 1.54) is 9.80 Å². The van der Waals surface area contributed by atoms with Crippen LogP contribution in [0.1, 0.15) is 26.2 Å². The Kier molecular flexibility index (Phi) is 5.75. The summed E-state index contributed by atoms with van der Waals surface area (Å²) in [5, 5.41) is 11.7. The maximum absolute atomic E-state index is 11.5. The Bertz CT molecular complexity index is 357. The predicted molar refractivity (Wildman–Crippen MR) is 68.3 cm³/mol. The molecule has 19 heavy (non-hydrogen) atoms. The summed E-state index contributed by atoms with van der Waals surface area (Å²) in [6.45, 7) is 2.47. The minimum absolute atomic E-state index is 0.111. The lowest BCUT2D eigenvalue weighted by molar-refractivity contribution is -0.126. The van der Waals surface area contributed by atoms with Crippen LogP contribution in [-0.4, -0.2) is 65.5 Å². The van der Waals surface area contributed by atoms with E-state index in [0.717, 1.165) is 0 Å². The third-order valence-electron chi connectivity index (χ3n) is 2.90. The number of hydrogen-bond donors (Lipinski definition) is 2. The van der Waals surface area contributed by atoms with Crippen molar-refractivity contribution in [1.29, 1.82) is 0 Å². The second-order valence-electron chi connectivity index (χ2n) is 4.78. The van der Waals surface area contributed by atoms with Crippen molar-refractivity contribution in [3.8, 4) is 0 Å². The lowest BCUT2D eigenvalue weighted by Crippen LogP contribution is -2.33. The van der Waals surface area contributed by atoms with E-state index >= 15 is 0 Å². The molecule has 7 nitrogen and oxygen atoms in total. The Hall–Kier alpha value is -1.63.